The molecule has 1 aliphatic rings. The molecule has 208 valence electrons. The molecule has 2 heterocycles. The van der Waals surface area contributed by atoms with E-state index in [0.717, 1.165) is 19.3 Å². The maximum atomic E-state index is 13.0. The Hall–Kier alpha value is -2.15. The van der Waals surface area contributed by atoms with E-state index in [1.54, 1.807) is 30.3 Å². The lowest BCUT2D eigenvalue weighted by molar-refractivity contribution is 0.0974. The van der Waals surface area contributed by atoms with Gasteiger partial charge in [-0.1, -0.05) is 48.3 Å². The van der Waals surface area contributed by atoms with Gasteiger partial charge in [-0.3, -0.25) is 9.52 Å². The van der Waals surface area contributed by atoms with Crippen molar-refractivity contribution in [2.75, 3.05) is 17.8 Å². The lowest BCUT2D eigenvalue weighted by Crippen LogP contribution is -2.35. The van der Waals surface area contributed by atoms with Gasteiger partial charge in [0.1, 0.15) is 16.4 Å². The SMILES string of the molecule is CCCC(=O)c1nc(NS(=O)(=O)c2ccc(Cl)cc2Cl)ccc1Sc1ccc(S(=O)(=O)N2CCCCC2)cc1. The van der Waals surface area contributed by atoms with Crippen molar-refractivity contribution in [2.24, 2.45) is 0 Å². The number of Topliss-reactive ketones (excluding diaryl/α,β-unsaturated/α-hetero) is 1. The van der Waals surface area contributed by atoms with Crippen LogP contribution in [0.3, 0.4) is 0 Å². The minimum Gasteiger partial charge on any atom is -0.292 e. The van der Waals surface area contributed by atoms with E-state index in [1.807, 2.05) is 6.92 Å². The molecule has 0 atom stereocenters. The Balaban J connectivity index is 1.59. The highest BCUT2D eigenvalue weighted by molar-refractivity contribution is 7.99. The van der Waals surface area contributed by atoms with E-state index >= 15 is 0 Å². The van der Waals surface area contributed by atoms with Gasteiger partial charge in [0.2, 0.25) is 10.0 Å². The number of ketones is 1. The Morgan fingerprint density at radius 3 is 2.31 bits per heavy atom. The molecule has 0 bridgehead atoms. The summed E-state index contributed by atoms with van der Waals surface area (Å²) in [7, 11) is -7.65. The number of nitrogens with zero attached hydrogens (tertiary/aromatic N) is 2. The van der Waals surface area contributed by atoms with Crippen LogP contribution < -0.4 is 4.72 Å². The van der Waals surface area contributed by atoms with Crippen LogP contribution in [0.15, 0.2) is 74.2 Å². The largest absolute Gasteiger partial charge is 0.292 e. The number of carbonyl (C=O) groups excluding carboxylic acids is 1. The van der Waals surface area contributed by atoms with Gasteiger partial charge in [0.15, 0.2) is 5.78 Å². The molecule has 1 N–H and O–H groups in total. The number of sulfonamides is 2. The monoisotopic (exact) mass is 627 g/mol. The zero-order valence-electron chi connectivity index (χ0n) is 21.1. The van der Waals surface area contributed by atoms with E-state index in [2.05, 4.69) is 9.71 Å². The van der Waals surface area contributed by atoms with Crippen LogP contribution in [0.1, 0.15) is 49.5 Å². The van der Waals surface area contributed by atoms with E-state index in [1.165, 1.54) is 40.3 Å². The second-order valence-electron chi connectivity index (χ2n) is 8.93. The molecule has 4 rings (SSSR count). The van der Waals surface area contributed by atoms with Crippen LogP contribution in [0.2, 0.25) is 10.0 Å². The van der Waals surface area contributed by atoms with Crippen molar-refractivity contribution >= 4 is 66.6 Å². The summed E-state index contributed by atoms with van der Waals surface area (Å²) in [5, 5.41) is 0.248. The van der Waals surface area contributed by atoms with E-state index in [0.29, 0.717) is 34.3 Å². The van der Waals surface area contributed by atoms with Crippen molar-refractivity contribution in [3.8, 4) is 0 Å². The predicted octanol–water partition coefficient (Wildman–Crippen LogP) is 6.50. The molecule has 3 aromatic rings. The molecule has 0 amide bonds. The van der Waals surface area contributed by atoms with E-state index < -0.39 is 20.0 Å². The van der Waals surface area contributed by atoms with Gasteiger partial charge in [-0.05, 0) is 73.9 Å². The van der Waals surface area contributed by atoms with Crippen molar-refractivity contribution in [3.63, 3.8) is 0 Å². The van der Waals surface area contributed by atoms with E-state index in [4.69, 9.17) is 23.2 Å². The Morgan fingerprint density at radius 2 is 1.67 bits per heavy atom. The lowest BCUT2D eigenvalue weighted by Gasteiger charge is -2.25. The first-order chi connectivity index (χ1) is 18.5. The van der Waals surface area contributed by atoms with Crippen LogP contribution in [-0.4, -0.2) is 45.0 Å². The Kier molecular flexibility index (Phi) is 9.61. The lowest BCUT2D eigenvalue weighted by atomic mass is 10.1. The normalized spacial score (nSPS) is 14.7. The highest BCUT2D eigenvalue weighted by Crippen LogP contribution is 2.33. The summed E-state index contributed by atoms with van der Waals surface area (Å²) in [5.74, 6) is -0.275. The van der Waals surface area contributed by atoms with Gasteiger partial charge < -0.3 is 0 Å². The first-order valence-corrected chi connectivity index (χ1v) is 16.8. The summed E-state index contributed by atoms with van der Waals surface area (Å²) in [6, 6.07) is 13.6. The van der Waals surface area contributed by atoms with E-state index in [-0.39, 0.29) is 38.5 Å². The first-order valence-electron chi connectivity index (χ1n) is 12.3. The first kappa shape index (κ1) is 29.8. The molecular weight excluding hydrogens is 601 g/mol. The maximum absolute atomic E-state index is 13.0. The van der Waals surface area contributed by atoms with Crippen LogP contribution in [0.4, 0.5) is 5.82 Å². The van der Waals surface area contributed by atoms with Crippen LogP contribution in [0.5, 0.6) is 0 Å². The van der Waals surface area contributed by atoms with Crippen LogP contribution in [0, 0.1) is 0 Å². The summed E-state index contributed by atoms with van der Waals surface area (Å²) in [4.78, 5) is 18.5. The number of benzene rings is 2. The highest BCUT2D eigenvalue weighted by atomic mass is 35.5. The average Bonchev–Trinajstić information content (AvgIpc) is 2.90. The minimum absolute atomic E-state index is 0.0345. The smallest absolute Gasteiger partial charge is 0.264 e. The standard InChI is InChI=1S/C26H27Cl2N3O5S3/c1-2-6-22(32)26-23(12-14-25(29-26)30-38(33,34)24-13-7-18(27)17-21(24)28)37-19-8-10-20(11-9-19)39(35,36)31-15-4-3-5-16-31/h7-14,17H,2-6,15-16H2,1H3,(H,29,30). The zero-order chi connectivity index (χ0) is 28.2. The number of pyridine rings is 1. The highest BCUT2D eigenvalue weighted by Gasteiger charge is 2.26. The number of aromatic nitrogens is 1. The van der Waals surface area contributed by atoms with E-state index in [9.17, 15) is 21.6 Å². The number of piperidine rings is 1. The molecule has 1 aromatic heterocycles. The molecule has 0 unspecified atom stereocenters. The number of carbonyl (C=O) groups is 1. The average molecular weight is 629 g/mol. The quantitative estimate of drug-likeness (QED) is 0.255. The molecule has 2 aromatic carbocycles. The van der Waals surface area contributed by atoms with Gasteiger partial charge in [0.25, 0.3) is 10.0 Å². The number of rotatable bonds is 10. The number of nitrogens with one attached hydrogen (secondary N) is 1. The topological polar surface area (TPSA) is 114 Å². The fourth-order valence-corrected chi connectivity index (χ4v) is 8.29. The van der Waals surface area contributed by atoms with Gasteiger partial charge in [0, 0.05) is 34.3 Å². The van der Waals surface area contributed by atoms with Crippen molar-refractivity contribution in [3.05, 3.63) is 70.3 Å². The summed E-state index contributed by atoms with van der Waals surface area (Å²) in [5.41, 5.74) is 0.120. The second-order valence-corrected chi connectivity index (χ2v) is 14.5. The number of hydrogen-bond donors (Lipinski definition) is 1. The predicted molar refractivity (Wildman–Crippen MR) is 154 cm³/mol. The third kappa shape index (κ3) is 7.14. The fraction of sp³-hybridized carbons (Fsp3) is 0.308. The molecule has 0 saturated carbocycles. The Morgan fingerprint density at radius 1 is 0.974 bits per heavy atom. The van der Waals surface area contributed by atoms with Crippen LogP contribution in [0.25, 0.3) is 0 Å². The molecule has 1 aliphatic heterocycles. The summed E-state index contributed by atoms with van der Waals surface area (Å²) in [6.07, 6.45) is 3.56. The molecule has 8 nitrogen and oxygen atoms in total. The molecule has 39 heavy (non-hydrogen) atoms. The van der Waals surface area contributed by atoms with Crippen LogP contribution >= 0.6 is 35.0 Å². The van der Waals surface area contributed by atoms with Gasteiger partial charge in [-0.2, -0.15) is 4.31 Å². The molecule has 1 saturated heterocycles. The number of anilines is 1. The Bertz CT molecular complexity index is 1570. The molecule has 13 heteroatoms. The number of halogens is 2. The van der Waals surface area contributed by atoms with Gasteiger partial charge in [0.05, 0.1) is 9.92 Å². The zero-order valence-corrected chi connectivity index (χ0v) is 25.0. The molecular formula is C26H27Cl2N3O5S3. The third-order valence-electron chi connectivity index (χ3n) is 6.03. The molecule has 1 fully saturated rings. The molecule has 0 aliphatic carbocycles. The van der Waals surface area contributed by atoms with Crippen molar-refractivity contribution in [2.45, 2.75) is 58.6 Å². The van der Waals surface area contributed by atoms with Crippen molar-refractivity contribution < 1.29 is 21.6 Å². The molecule has 0 radical (unpaired) electrons. The third-order valence-corrected chi connectivity index (χ3v) is 11.1. The van der Waals surface area contributed by atoms with Gasteiger partial charge in [-0.15, -0.1) is 0 Å². The summed E-state index contributed by atoms with van der Waals surface area (Å²) < 4.78 is 55.7. The van der Waals surface area contributed by atoms with Crippen LogP contribution in [-0.2, 0) is 20.0 Å². The van der Waals surface area contributed by atoms with Crippen molar-refractivity contribution in [1.29, 1.82) is 0 Å². The maximum Gasteiger partial charge on any atom is 0.264 e. The number of hydrogen-bond acceptors (Lipinski definition) is 7. The minimum atomic E-state index is -4.10. The van der Waals surface area contributed by atoms with Crippen molar-refractivity contribution in [1.82, 2.24) is 9.29 Å². The van der Waals surface area contributed by atoms with Gasteiger partial charge in [-0.25, -0.2) is 21.8 Å². The molecule has 0 spiro atoms. The summed E-state index contributed by atoms with van der Waals surface area (Å²) in [6.45, 7) is 2.91. The second kappa shape index (κ2) is 12.6. The summed E-state index contributed by atoms with van der Waals surface area (Å²) >= 11 is 13.2. The fourth-order valence-electron chi connectivity index (χ4n) is 4.08. The van der Waals surface area contributed by atoms with Gasteiger partial charge >= 0.3 is 0 Å². The Labute approximate surface area is 243 Å².